The number of aliphatic imine (C=N–C) groups is 1. The summed E-state index contributed by atoms with van der Waals surface area (Å²) in [4.78, 5) is 6.91. The van der Waals surface area contributed by atoms with Crippen LogP contribution in [0.1, 0.15) is 19.4 Å². The van der Waals surface area contributed by atoms with E-state index in [0.29, 0.717) is 12.5 Å². The predicted molar refractivity (Wildman–Crippen MR) is 73.7 cm³/mol. The Kier molecular flexibility index (Phi) is 3.79. The fourth-order valence-corrected chi connectivity index (χ4v) is 2.27. The van der Waals surface area contributed by atoms with E-state index in [9.17, 15) is 0 Å². The van der Waals surface area contributed by atoms with Crippen LogP contribution in [-0.2, 0) is 6.42 Å². The number of benzene rings is 1. The maximum Gasteiger partial charge on any atom is 0.106 e. The van der Waals surface area contributed by atoms with Crippen molar-refractivity contribution in [1.29, 1.82) is 0 Å². The maximum absolute atomic E-state index is 5.60. The molecule has 1 aromatic carbocycles. The molecule has 2 N–H and O–H groups in total. The Morgan fingerprint density at radius 1 is 1.41 bits per heavy atom. The molecule has 2 rings (SSSR count). The van der Waals surface area contributed by atoms with Crippen molar-refractivity contribution in [1.82, 2.24) is 0 Å². The number of hydrogen-bond acceptors (Lipinski definition) is 3. The lowest BCUT2D eigenvalue weighted by atomic mass is 10.1. The molecule has 17 heavy (non-hydrogen) atoms. The zero-order chi connectivity index (χ0) is 12.3. The Bertz CT molecular complexity index is 410. The molecule has 0 saturated heterocycles. The van der Waals surface area contributed by atoms with Gasteiger partial charge in [-0.3, -0.25) is 4.99 Å². The number of nitrogens with zero attached hydrogens (tertiary/aromatic N) is 2. The second-order valence-corrected chi connectivity index (χ2v) is 4.75. The van der Waals surface area contributed by atoms with E-state index < -0.39 is 0 Å². The Hall–Kier alpha value is -1.35. The van der Waals surface area contributed by atoms with Gasteiger partial charge in [-0.05, 0) is 30.7 Å². The molecule has 0 spiro atoms. The zero-order valence-corrected chi connectivity index (χ0v) is 10.7. The third-order valence-corrected chi connectivity index (χ3v) is 3.05. The van der Waals surface area contributed by atoms with E-state index >= 15 is 0 Å². The molecule has 1 aliphatic rings. The lowest BCUT2D eigenvalue weighted by Crippen LogP contribution is -2.31. The van der Waals surface area contributed by atoms with E-state index in [1.165, 1.54) is 17.1 Å². The van der Waals surface area contributed by atoms with E-state index in [1.807, 2.05) is 0 Å². The van der Waals surface area contributed by atoms with Gasteiger partial charge in [-0.25, -0.2) is 0 Å². The van der Waals surface area contributed by atoms with Crippen molar-refractivity contribution in [2.24, 2.45) is 16.6 Å². The predicted octanol–water partition coefficient (Wildman–Crippen LogP) is 2.06. The fourth-order valence-electron chi connectivity index (χ4n) is 2.27. The average molecular weight is 231 g/mol. The third-order valence-electron chi connectivity index (χ3n) is 3.05. The first-order valence-corrected chi connectivity index (χ1v) is 6.33. The van der Waals surface area contributed by atoms with Crippen LogP contribution >= 0.6 is 0 Å². The second-order valence-electron chi connectivity index (χ2n) is 4.75. The van der Waals surface area contributed by atoms with Crippen LogP contribution < -0.4 is 10.6 Å². The van der Waals surface area contributed by atoms with Gasteiger partial charge in [-0.1, -0.05) is 26.0 Å². The molecule has 0 fully saturated rings. The minimum Gasteiger partial charge on any atom is -0.330 e. The molecule has 1 aromatic rings. The number of nitrogens with two attached hydrogens (primary N) is 1. The zero-order valence-electron chi connectivity index (χ0n) is 10.7. The summed E-state index contributed by atoms with van der Waals surface area (Å²) < 4.78 is 0. The highest BCUT2D eigenvalue weighted by Crippen LogP contribution is 2.22. The molecule has 0 aromatic heterocycles. The minimum absolute atomic E-state index is 0.482. The summed E-state index contributed by atoms with van der Waals surface area (Å²) in [6, 6.07) is 8.63. The summed E-state index contributed by atoms with van der Waals surface area (Å²) in [7, 11) is 0. The first-order valence-electron chi connectivity index (χ1n) is 6.33. The molecule has 0 amide bonds. The van der Waals surface area contributed by atoms with E-state index in [-0.39, 0.29) is 0 Å². The van der Waals surface area contributed by atoms with E-state index in [2.05, 4.69) is 48.0 Å². The van der Waals surface area contributed by atoms with Gasteiger partial charge in [-0.15, -0.1) is 0 Å². The van der Waals surface area contributed by atoms with Crippen molar-refractivity contribution in [3.8, 4) is 0 Å². The smallest absolute Gasteiger partial charge is 0.106 e. The average Bonchev–Trinajstić information content (AvgIpc) is 2.79. The van der Waals surface area contributed by atoms with Crippen LogP contribution in [0.2, 0.25) is 0 Å². The monoisotopic (exact) mass is 231 g/mol. The fraction of sp³-hybridized carbons (Fsp3) is 0.500. The first kappa shape index (κ1) is 12.1. The van der Waals surface area contributed by atoms with Gasteiger partial charge in [0.25, 0.3) is 0 Å². The van der Waals surface area contributed by atoms with Gasteiger partial charge in [0, 0.05) is 18.2 Å². The lowest BCUT2D eigenvalue weighted by Gasteiger charge is -2.23. The Balaban J connectivity index is 2.22. The summed E-state index contributed by atoms with van der Waals surface area (Å²) >= 11 is 0. The lowest BCUT2D eigenvalue weighted by molar-refractivity contribution is 0.863. The van der Waals surface area contributed by atoms with Crippen molar-refractivity contribution in [3.63, 3.8) is 0 Å². The van der Waals surface area contributed by atoms with Crippen LogP contribution in [-0.4, -0.2) is 25.5 Å². The van der Waals surface area contributed by atoms with Crippen LogP contribution in [0.4, 0.5) is 5.69 Å². The molecule has 0 saturated carbocycles. The summed E-state index contributed by atoms with van der Waals surface area (Å²) in [5.74, 6) is 1.69. The SMILES string of the molecule is CC(C)C1=NCCN1c1cccc(CCN)c1. The van der Waals surface area contributed by atoms with Crippen molar-refractivity contribution in [2.45, 2.75) is 20.3 Å². The number of rotatable bonds is 4. The highest BCUT2D eigenvalue weighted by Gasteiger charge is 2.20. The van der Waals surface area contributed by atoms with Crippen molar-refractivity contribution < 1.29 is 0 Å². The minimum atomic E-state index is 0.482. The van der Waals surface area contributed by atoms with Gasteiger partial charge in [0.15, 0.2) is 0 Å². The molecular formula is C14H21N3. The Labute approximate surface area is 103 Å². The second kappa shape index (κ2) is 5.32. The van der Waals surface area contributed by atoms with Crippen LogP contribution in [0, 0.1) is 5.92 Å². The standard InChI is InChI=1S/C14H21N3/c1-11(2)14-16-8-9-17(14)13-5-3-4-12(10-13)6-7-15/h3-5,10-11H,6-9,15H2,1-2H3. The third kappa shape index (κ3) is 2.67. The topological polar surface area (TPSA) is 41.6 Å². The quantitative estimate of drug-likeness (QED) is 0.862. The molecule has 1 aliphatic heterocycles. The molecule has 0 atom stereocenters. The number of amidine groups is 1. The summed E-state index contributed by atoms with van der Waals surface area (Å²) in [6.07, 6.45) is 0.940. The van der Waals surface area contributed by atoms with Crippen molar-refractivity contribution in [3.05, 3.63) is 29.8 Å². The van der Waals surface area contributed by atoms with Gasteiger partial charge in [0.1, 0.15) is 5.84 Å². The summed E-state index contributed by atoms with van der Waals surface area (Å²) in [6.45, 7) is 7.00. The summed E-state index contributed by atoms with van der Waals surface area (Å²) in [5.41, 5.74) is 8.16. The van der Waals surface area contributed by atoms with Gasteiger partial charge in [-0.2, -0.15) is 0 Å². The molecular weight excluding hydrogens is 210 g/mol. The molecule has 1 heterocycles. The molecule has 0 unspecified atom stereocenters. The normalized spacial score (nSPS) is 15.5. The van der Waals surface area contributed by atoms with E-state index in [4.69, 9.17) is 5.73 Å². The van der Waals surface area contributed by atoms with Gasteiger partial charge in [0.2, 0.25) is 0 Å². The van der Waals surface area contributed by atoms with E-state index in [0.717, 1.165) is 19.5 Å². The van der Waals surface area contributed by atoms with Crippen LogP contribution in [0.15, 0.2) is 29.3 Å². The highest BCUT2D eigenvalue weighted by atomic mass is 15.2. The molecule has 0 aliphatic carbocycles. The van der Waals surface area contributed by atoms with Crippen LogP contribution in [0.5, 0.6) is 0 Å². The van der Waals surface area contributed by atoms with Gasteiger partial charge in [0.05, 0.1) is 6.54 Å². The van der Waals surface area contributed by atoms with Gasteiger partial charge < -0.3 is 10.6 Å². The Morgan fingerprint density at radius 3 is 2.94 bits per heavy atom. The van der Waals surface area contributed by atoms with Crippen LogP contribution in [0.25, 0.3) is 0 Å². The van der Waals surface area contributed by atoms with Crippen molar-refractivity contribution in [2.75, 3.05) is 24.5 Å². The van der Waals surface area contributed by atoms with Gasteiger partial charge >= 0.3 is 0 Å². The molecule has 0 bridgehead atoms. The van der Waals surface area contributed by atoms with E-state index in [1.54, 1.807) is 0 Å². The molecule has 92 valence electrons. The molecule has 3 heteroatoms. The number of hydrogen-bond donors (Lipinski definition) is 1. The Morgan fingerprint density at radius 2 is 2.24 bits per heavy atom. The molecule has 0 radical (unpaired) electrons. The summed E-state index contributed by atoms with van der Waals surface area (Å²) in [5, 5.41) is 0. The molecule has 3 nitrogen and oxygen atoms in total. The number of anilines is 1. The van der Waals surface area contributed by atoms with Crippen LogP contribution in [0.3, 0.4) is 0 Å². The highest BCUT2D eigenvalue weighted by molar-refractivity contribution is 6.00. The largest absolute Gasteiger partial charge is 0.330 e. The first-order chi connectivity index (χ1) is 8.22. The maximum atomic E-state index is 5.60. The van der Waals surface area contributed by atoms with Crippen molar-refractivity contribution >= 4 is 11.5 Å².